The molecule has 0 fully saturated rings. The standard InChI is InChI=1S/C29H36N2O4/c1-19-7-8-24(11-20(19)2)16-31-29(35)14-23-6-4-5-22(13-23)12-21(3)30-17-28(34)25-9-10-27(33)26(15-25)18-32/h4-11,13,15,21,28,30,32-34H,12,14,16-18H2,1-3H3,(H,31,35)/t21?,28-/m0/s1. The van der Waals surface area contributed by atoms with Crippen molar-refractivity contribution in [3.05, 3.63) is 99.6 Å². The van der Waals surface area contributed by atoms with E-state index in [2.05, 4.69) is 42.7 Å². The first-order valence-corrected chi connectivity index (χ1v) is 12.0. The average Bonchev–Trinajstić information content (AvgIpc) is 2.83. The summed E-state index contributed by atoms with van der Waals surface area (Å²) >= 11 is 0. The molecular weight excluding hydrogens is 440 g/mol. The molecule has 0 bridgehead atoms. The van der Waals surface area contributed by atoms with Crippen LogP contribution in [0.3, 0.4) is 0 Å². The molecule has 0 saturated heterocycles. The van der Waals surface area contributed by atoms with E-state index in [0.717, 1.165) is 23.1 Å². The quantitative estimate of drug-likeness (QED) is 0.291. The van der Waals surface area contributed by atoms with Crippen LogP contribution in [0.2, 0.25) is 0 Å². The van der Waals surface area contributed by atoms with Crippen molar-refractivity contribution in [1.29, 1.82) is 0 Å². The number of hydrogen-bond acceptors (Lipinski definition) is 5. The molecule has 3 rings (SSSR count). The molecule has 6 heteroatoms. The summed E-state index contributed by atoms with van der Waals surface area (Å²) in [4.78, 5) is 12.5. The first-order chi connectivity index (χ1) is 16.7. The van der Waals surface area contributed by atoms with Crippen LogP contribution in [0.15, 0.2) is 60.7 Å². The van der Waals surface area contributed by atoms with E-state index < -0.39 is 6.10 Å². The number of aliphatic hydroxyl groups excluding tert-OH is 2. The lowest BCUT2D eigenvalue weighted by Gasteiger charge is -2.18. The number of phenols is 1. The second-order valence-electron chi connectivity index (χ2n) is 9.27. The van der Waals surface area contributed by atoms with E-state index >= 15 is 0 Å². The van der Waals surface area contributed by atoms with Gasteiger partial charge in [0, 0.05) is 24.7 Å². The summed E-state index contributed by atoms with van der Waals surface area (Å²) in [5, 5.41) is 35.8. The van der Waals surface area contributed by atoms with Gasteiger partial charge in [-0.15, -0.1) is 0 Å². The number of nitrogens with one attached hydrogen (secondary N) is 2. The number of hydrogen-bond donors (Lipinski definition) is 5. The molecule has 0 aliphatic rings. The number of carbonyl (C=O) groups excluding carboxylic acids is 1. The number of aryl methyl sites for hydroxylation is 2. The molecule has 0 spiro atoms. The van der Waals surface area contributed by atoms with Crippen molar-refractivity contribution in [2.75, 3.05) is 6.54 Å². The highest BCUT2D eigenvalue weighted by atomic mass is 16.3. The van der Waals surface area contributed by atoms with Crippen molar-refractivity contribution in [2.24, 2.45) is 0 Å². The van der Waals surface area contributed by atoms with Gasteiger partial charge in [-0.2, -0.15) is 0 Å². The smallest absolute Gasteiger partial charge is 0.224 e. The van der Waals surface area contributed by atoms with Crippen LogP contribution in [-0.2, 0) is 30.8 Å². The van der Waals surface area contributed by atoms with Crippen LogP contribution in [-0.4, -0.2) is 33.8 Å². The second kappa shape index (κ2) is 12.5. The van der Waals surface area contributed by atoms with Crippen molar-refractivity contribution >= 4 is 5.91 Å². The largest absolute Gasteiger partial charge is 0.508 e. The Bertz CT molecular complexity index is 1150. The Balaban J connectivity index is 1.48. The normalized spacial score (nSPS) is 12.8. The number of rotatable bonds is 11. The van der Waals surface area contributed by atoms with Crippen LogP contribution >= 0.6 is 0 Å². The van der Waals surface area contributed by atoms with Crippen molar-refractivity contribution in [2.45, 2.75) is 58.9 Å². The van der Waals surface area contributed by atoms with Gasteiger partial charge in [0.05, 0.1) is 19.1 Å². The molecule has 3 aromatic rings. The molecule has 0 aliphatic heterocycles. The lowest BCUT2D eigenvalue weighted by atomic mass is 10.0. The van der Waals surface area contributed by atoms with Crippen molar-refractivity contribution < 1.29 is 20.1 Å². The molecule has 1 amide bonds. The third kappa shape index (κ3) is 7.92. The van der Waals surface area contributed by atoms with Gasteiger partial charge >= 0.3 is 0 Å². The van der Waals surface area contributed by atoms with E-state index in [0.29, 0.717) is 30.6 Å². The first kappa shape index (κ1) is 26.4. The zero-order valence-electron chi connectivity index (χ0n) is 20.7. The highest BCUT2D eigenvalue weighted by molar-refractivity contribution is 5.78. The van der Waals surface area contributed by atoms with Crippen molar-refractivity contribution in [1.82, 2.24) is 10.6 Å². The molecule has 0 heterocycles. The van der Waals surface area contributed by atoms with Crippen LogP contribution in [0.5, 0.6) is 5.75 Å². The van der Waals surface area contributed by atoms with Gasteiger partial charge in [0.25, 0.3) is 0 Å². The van der Waals surface area contributed by atoms with E-state index in [-0.39, 0.29) is 24.3 Å². The topological polar surface area (TPSA) is 102 Å². The summed E-state index contributed by atoms with van der Waals surface area (Å²) < 4.78 is 0. The Kier molecular flexibility index (Phi) is 9.43. The molecule has 5 N–H and O–H groups in total. The van der Waals surface area contributed by atoms with Crippen molar-refractivity contribution in [3.63, 3.8) is 0 Å². The Morgan fingerprint density at radius 3 is 2.46 bits per heavy atom. The maximum absolute atomic E-state index is 12.5. The maximum Gasteiger partial charge on any atom is 0.224 e. The molecule has 0 aromatic heterocycles. The average molecular weight is 477 g/mol. The van der Waals surface area contributed by atoms with E-state index in [4.69, 9.17) is 0 Å². The lowest BCUT2D eigenvalue weighted by molar-refractivity contribution is -0.120. The van der Waals surface area contributed by atoms with Crippen LogP contribution in [0.4, 0.5) is 0 Å². The van der Waals surface area contributed by atoms with Gasteiger partial charge < -0.3 is 26.0 Å². The Hall–Kier alpha value is -3.19. The van der Waals surface area contributed by atoms with Gasteiger partial charge in [0.15, 0.2) is 0 Å². The Morgan fingerprint density at radius 1 is 0.943 bits per heavy atom. The summed E-state index contributed by atoms with van der Waals surface area (Å²) in [6.45, 7) is 6.78. The van der Waals surface area contributed by atoms with Crippen LogP contribution < -0.4 is 10.6 Å². The fourth-order valence-electron chi connectivity index (χ4n) is 4.02. The third-order valence-electron chi connectivity index (χ3n) is 6.28. The zero-order chi connectivity index (χ0) is 25.4. The molecular formula is C29H36N2O4. The monoisotopic (exact) mass is 476 g/mol. The molecule has 0 radical (unpaired) electrons. The molecule has 1 unspecified atom stereocenters. The van der Waals surface area contributed by atoms with Crippen LogP contribution in [0.1, 0.15) is 52.0 Å². The minimum atomic E-state index is -0.754. The Morgan fingerprint density at radius 2 is 1.71 bits per heavy atom. The van der Waals surface area contributed by atoms with Gasteiger partial charge in [-0.25, -0.2) is 0 Å². The summed E-state index contributed by atoms with van der Waals surface area (Å²) in [6.07, 6.45) is 0.325. The molecule has 6 nitrogen and oxygen atoms in total. The predicted octanol–water partition coefficient (Wildman–Crippen LogP) is 3.61. The number of amides is 1. The highest BCUT2D eigenvalue weighted by Crippen LogP contribution is 2.22. The maximum atomic E-state index is 12.5. The third-order valence-corrected chi connectivity index (χ3v) is 6.28. The molecule has 186 valence electrons. The molecule has 0 saturated carbocycles. The second-order valence-corrected chi connectivity index (χ2v) is 9.27. The minimum Gasteiger partial charge on any atom is -0.508 e. The van der Waals surface area contributed by atoms with E-state index in [1.807, 2.05) is 31.2 Å². The van der Waals surface area contributed by atoms with E-state index in [9.17, 15) is 20.1 Å². The van der Waals surface area contributed by atoms with E-state index in [1.54, 1.807) is 12.1 Å². The minimum absolute atomic E-state index is 0.00850. The molecule has 2 atom stereocenters. The molecule has 3 aromatic carbocycles. The van der Waals surface area contributed by atoms with Crippen molar-refractivity contribution in [3.8, 4) is 5.75 Å². The van der Waals surface area contributed by atoms with Gasteiger partial charge in [-0.3, -0.25) is 4.79 Å². The predicted molar refractivity (Wildman–Crippen MR) is 138 cm³/mol. The Labute approximate surface area is 207 Å². The van der Waals surface area contributed by atoms with Gasteiger partial charge in [0.2, 0.25) is 5.91 Å². The first-order valence-electron chi connectivity index (χ1n) is 12.0. The summed E-state index contributed by atoms with van der Waals surface area (Å²) in [7, 11) is 0. The van der Waals surface area contributed by atoms with Crippen LogP contribution in [0.25, 0.3) is 0 Å². The zero-order valence-corrected chi connectivity index (χ0v) is 20.7. The fourth-order valence-corrected chi connectivity index (χ4v) is 4.02. The molecule has 35 heavy (non-hydrogen) atoms. The van der Waals surface area contributed by atoms with Crippen LogP contribution in [0, 0.1) is 13.8 Å². The summed E-state index contributed by atoms with van der Waals surface area (Å²) in [6, 6.07) is 19.1. The van der Waals surface area contributed by atoms with Gasteiger partial charge in [-0.1, -0.05) is 48.5 Å². The van der Waals surface area contributed by atoms with Gasteiger partial charge in [-0.05, 0) is 72.7 Å². The number of aliphatic hydroxyl groups is 2. The highest BCUT2D eigenvalue weighted by Gasteiger charge is 2.13. The lowest BCUT2D eigenvalue weighted by Crippen LogP contribution is -2.32. The summed E-state index contributed by atoms with van der Waals surface area (Å²) in [5.41, 5.74) is 6.67. The molecule has 0 aliphatic carbocycles. The number of benzene rings is 3. The SMILES string of the molecule is Cc1ccc(CNC(=O)Cc2cccc(CC(C)NC[C@H](O)c3ccc(O)c(CO)c3)c2)cc1C. The fraction of sp³-hybridized carbons (Fsp3) is 0.345. The summed E-state index contributed by atoms with van der Waals surface area (Å²) in [5.74, 6) is 0.00871. The number of aromatic hydroxyl groups is 1. The number of carbonyl (C=O) groups is 1. The van der Waals surface area contributed by atoms with E-state index in [1.165, 1.54) is 17.2 Å². The van der Waals surface area contributed by atoms with Gasteiger partial charge in [0.1, 0.15) is 5.75 Å².